The molecule has 0 aliphatic rings. The number of carbonyl (C=O) groups is 1. The first-order valence-electron chi connectivity index (χ1n) is 7.85. The van der Waals surface area contributed by atoms with Crippen LogP contribution >= 0.6 is 0 Å². The van der Waals surface area contributed by atoms with Crippen molar-refractivity contribution >= 4 is 5.97 Å². The van der Waals surface area contributed by atoms with Gasteiger partial charge < -0.3 is 14.3 Å². The number of aromatic nitrogens is 2. The van der Waals surface area contributed by atoms with Crippen LogP contribution in [0.3, 0.4) is 0 Å². The molecule has 6 heteroatoms. The second-order valence-corrected chi connectivity index (χ2v) is 5.83. The predicted molar refractivity (Wildman–Crippen MR) is 91.1 cm³/mol. The minimum atomic E-state index is -0.737. The molecule has 0 amide bonds. The first-order chi connectivity index (χ1) is 12.0. The zero-order chi connectivity index (χ0) is 18.0. The van der Waals surface area contributed by atoms with Gasteiger partial charge in [0, 0.05) is 5.56 Å². The molecule has 1 atom stereocenters. The van der Waals surface area contributed by atoms with E-state index in [4.69, 9.17) is 9.15 Å². The van der Waals surface area contributed by atoms with Gasteiger partial charge in [0.1, 0.15) is 11.3 Å². The maximum atomic E-state index is 12.2. The third-order valence-corrected chi connectivity index (χ3v) is 3.83. The molecule has 2 aromatic carbocycles. The highest BCUT2D eigenvalue weighted by Gasteiger charge is 2.22. The molecule has 3 rings (SSSR count). The summed E-state index contributed by atoms with van der Waals surface area (Å²) in [5, 5.41) is 17.9. The fourth-order valence-corrected chi connectivity index (χ4v) is 2.31. The number of hydrogen-bond acceptors (Lipinski definition) is 6. The van der Waals surface area contributed by atoms with Crippen molar-refractivity contribution < 1.29 is 19.1 Å². The zero-order valence-electron chi connectivity index (χ0n) is 14.2. The molecule has 128 valence electrons. The maximum absolute atomic E-state index is 12.2. The third-order valence-electron chi connectivity index (χ3n) is 3.83. The van der Waals surface area contributed by atoms with Gasteiger partial charge in [0.25, 0.3) is 5.89 Å². The van der Waals surface area contributed by atoms with Crippen LogP contribution in [-0.2, 0) is 4.74 Å². The van der Waals surface area contributed by atoms with Crippen LogP contribution in [0, 0.1) is 13.8 Å². The van der Waals surface area contributed by atoms with Crippen molar-refractivity contribution in [2.24, 2.45) is 0 Å². The molecule has 0 saturated heterocycles. The normalized spacial score (nSPS) is 12.0. The average molecular weight is 338 g/mol. The molecule has 1 N–H and O–H groups in total. The van der Waals surface area contributed by atoms with E-state index in [-0.39, 0.29) is 17.2 Å². The number of ether oxygens (including phenoxy) is 1. The molecule has 0 aliphatic heterocycles. The lowest BCUT2D eigenvalue weighted by Crippen LogP contribution is -2.10. The van der Waals surface area contributed by atoms with E-state index < -0.39 is 12.1 Å². The largest absolute Gasteiger partial charge is 0.507 e. The number of aryl methyl sites for hydroxylation is 2. The number of nitrogens with zero attached hydrogens (tertiary/aromatic N) is 2. The summed E-state index contributed by atoms with van der Waals surface area (Å²) in [6.45, 7) is 5.34. The summed E-state index contributed by atoms with van der Waals surface area (Å²) in [5.41, 5.74) is 2.62. The zero-order valence-corrected chi connectivity index (χ0v) is 14.2. The quantitative estimate of drug-likeness (QED) is 0.724. The number of phenolic OH excluding ortho intramolecular Hbond substituents is 1. The summed E-state index contributed by atoms with van der Waals surface area (Å²) in [5.74, 6) is -0.193. The Morgan fingerprint density at radius 2 is 1.84 bits per heavy atom. The maximum Gasteiger partial charge on any atom is 0.342 e. The molecule has 1 heterocycles. The van der Waals surface area contributed by atoms with Gasteiger partial charge in [-0.3, -0.25) is 0 Å². The lowest BCUT2D eigenvalue weighted by molar-refractivity contribution is 0.0276. The second kappa shape index (κ2) is 6.76. The summed E-state index contributed by atoms with van der Waals surface area (Å²) in [4.78, 5) is 12.2. The fraction of sp³-hybridized carbons (Fsp3) is 0.211. The van der Waals surface area contributed by atoms with E-state index >= 15 is 0 Å². The van der Waals surface area contributed by atoms with E-state index in [1.54, 1.807) is 26.0 Å². The van der Waals surface area contributed by atoms with Crippen molar-refractivity contribution in [1.82, 2.24) is 10.2 Å². The first kappa shape index (κ1) is 16.7. The number of para-hydroxylation sites is 1. The molecule has 0 fully saturated rings. The Morgan fingerprint density at radius 3 is 2.56 bits per heavy atom. The van der Waals surface area contributed by atoms with Crippen LogP contribution in [0.15, 0.2) is 46.9 Å². The van der Waals surface area contributed by atoms with E-state index in [1.165, 1.54) is 6.07 Å². The molecule has 3 aromatic rings. The fourth-order valence-electron chi connectivity index (χ4n) is 2.31. The van der Waals surface area contributed by atoms with Gasteiger partial charge in [-0.1, -0.05) is 29.8 Å². The molecule has 0 unspecified atom stereocenters. The Morgan fingerprint density at radius 1 is 1.12 bits per heavy atom. The molecule has 0 saturated carbocycles. The van der Waals surface area contributed by atoms with Gasteiger partial charge in [0.15, 0.2) is 6.10 Å². The summed E-state index contributed by atoms with van der Waals surface area (Å²) in [6, 6.07) is 12.6. The van der Waals surface area contributed by atoms with Crippen molar-refractivity contribution in [3.8, 4) is 17.2 Å². The van der Waals surface area contributed by atoms with Gasteiger partial charge in [0.2, 0.25) is 5.89 Å². The Kier molecular flexibility index (Phi) is 4.52. The highest BCUT2D eigenvalue weighted by molar-refractivity contribution is 5.92. The highest BCUT2D eigenvalue weighted by atomic mass is 16.6. The number of rotatable bonds is 4. The topological polar surface area (TPSA) is 85.5 Å². The number of hydrogen-bond donors (Lipinski definition) is 1. The van der Waals surface area contributed by atoms with Crippen LogP contribution in [0.25, 0.3) is 11.5 Å². The Hall–Kier alpha value is -3.15. The van der Waals surface area contributed by atoms with Crippen molar-refractivity contribution in [1.29, 1.82) is 0 Å². The van der Waals surface area contributed by atoms with E-state index in [0.29, 0.717) is 11.5 Å². The van der Waals surface area contributed by atoms with Crippen molar-refractivity contribution in [2.75, 3.05) is 0 Å². The second-order valence-electron chi connectivity index (χ2n) is 5.83. The van der Waals surface area contributed by atoms with Gasteiger partial charge in [-0.05, 0) is 44.5 Å². The summed E-state index contributed by atoms with van der Waals surface area (Å²) < 4.78 is 10.9. The number of carbonyl (C=O) groups excluding carboxylic acids is 1. The summed E-state index contributed by atoms with van der Waals surface area (Å²) in [6.07, 6.45) is -0.737. The van der Waals surface area contributed by atoms with Crippen molar-refractivity contribution in [3.05, 3.63) is 65.0 Å². The van der Waals surface area contributed by atoms with E-state index in [0.717, 1.165) is 11.1 Å². The molecule has 0 radical (unpaired) electrons. The van der Waals surface area contributed by atoms with Crippen molar-refractivity contribution in [3.63, 3.8) is 0 Å². The SMILES string of the molecule is Cc1ccc(-c2nnc([C@H](C)OC(=O)c3cccc(C)c3O)o2)cc1. The predicted octanol–water partition coefficient (Wildman–Crippen LogP) is 3.98. The summed E-state index contributed by atoms with van der Waals surface area (Å²) in [7, 11) is 0. The van der Waals surface area contributed by atoms with Gasteiger partial charge in [0.05, 0.1) is 0 Å². The Balaban J connectivity index is 1.75. The summed E-state index contributed by atoms with van der Waals surface area (Å²) >= 11 is 0. The number of esters is 1. The Bertz CT molecular complexity index is 900. The molecular formula is C19H18N2O4. The van der Waals surface area contributed by atoms with Crippen LogP contribution < -0.4 is 0 Å². The Labute approximate surface area is 145 Å². The van der Waals surface area contributed by atoms with E-state index in [2.05, 4.69) is 10.2 Å². The lowest BCUT2D eigenvalue weighted by atomic mass is 10.1. The van der Waals surface area contributed by atoms with Gasteiger partial charge in [-0.15, -0.1) is 10.2 Å². The van der Waals surface area contributed by atoms with Crippen LogP contribution in [-0.4, -0.2) is 21.3 Å². The highest BCUT2D eigenvalue weighted by Crippen LogP contribution is 2.26. The molecule has 1 aromatic heterocycles. The number of aromatic hydroxyl groups is 1. The third kappa shape index (κ3) is 3.52. The standard InChI is InChI=1S/C19H18N2O4/c1-11-7-9-14(10-8-11)18-21-20-17(25-18)13(3)24-19(23)15-6-4-5-12(2)16(15)22/h4-10,13,22H,1-3H3/t13-/m0/s1. The van der Waals surface area contributed by atoms with Crippen LogP contribution in [0.1, 0.15) is 40.4 Å². The van der Waals surface area contributed by atoms with Gasteiger partial charge >= 0.3 is 5.97 Å². The minimum absolute atomic E-state index is 0.0921. The first-order valence-corrected chi connectivity index (χ1v) is 7.85. The smallest absolute Gasteiger partial charge is 0.342 e. The van der Waals surface area contributed by atoms with Crippen LogP contribution in [0.2, 0.25) is 0 Å². The monoisotopic (exact) mass is 338 g/mol. The average Bonchev–Trinajstić information content (AvgIpc) is 3.08. The van der Waals surface area contributed by atoms with Crippen molar-refractivity contribution in [2.45, 2.75) is 26.9 Å². The van der Waals surface area contributed by atoms with Crippen LogP contribution in [0.4, 0.5) is 0 Å². The number of benzene rings is 2. The molecule has 0 spiro atoms. The molecule has 0 bridgehead atoms. The molecule has 0 aliphatic carbocycles. The number of phenols is 1. The van der Waals surface area contributed by atoms with Crippen LogP contribution in [0.5, 0.6) is 5.75 Å². The molecule has 6 nitrogen and oxygen atoms in total. The van der Waals surface area contributed by atoms with E-state index in [1.807, 2.05) is 31.2 Å². The van der Waals surface area contributed by atoms with E-state index in [9.17, 15) is 9.90 Å². The van der Waals surface area contributed by atoms with Gasteiger partial charge in [-0.25, -0.2) is 4.79 Å². The lowest BCUT2D eigenvalue weighted by Gasteiger charge is -2.11. The molecular weight excluding hydrogens is 320 g/mol. The van der Waals surface area contributed by atoms with Gasteiger partial charge in [-0.2, -0.15) is 0 Å². The molecule has 25 heavy (non-hydrogen) atoms. The minimum Gasteiger partial charge on any atom is -0.507 e.